The first-order chi connectivity index (χ1) is 17.5. The van der Waals surface area contributed by atoms with Crippen molar-refractivity contribution in [2.24, 2.45) is 4.99 Å². The Morgan fingerprint density at radius 2 is 1.97 bits per heavy atom. The van der Waals surface area contributed by atoms with E-state index in [0.29, 0.717) is 40.9 Å². The Balaban J connectivity index is 1.61. The predicted octanol–water partition coefficient (Wildman–Crippen LogP) is 3.60. The number of allylic oxidation sites excluding steroid dienone is 1. The van der Waals surface area contributed by atoms with Crippen LogP contribution in [0.15, 0.2) is 70.0 Å². The fraction of sp³-hybridized carbons (Fsp3) is 0.308. The number of benzene rings is 1. The van der Waals surface area contributed by atoms with E-state index in [-0.39, 0.29) is 12.3 Å². The Hall–Kier alpha value is -3.79. The predicted molar refractivity (Wildman–Crippen MR) is 138 cm³/mol. The molecule has 36 heavy (non-hydrogen) atoms. The number of rotatable bonds is 9. The zero-order chi connectivity index (χ0) is 25.7. The van der Waals surface area contributed by atoms with E-state index in [1.807, 2.05) is 40.6 Å². The number of aromatic nitrogens is 1. The molecule has 0 aliphatic carbocycles. The molecule has 2 aromatic rings. The number of hydrogen-bond acceptors (Lipinski definition) is 9. The molecule has 1 N–H and O–H groups in total. The third-order valence-corrected chi connectivity index (χ3v) is 6.80. The van der Waals surface area contributed by atoms with Crippen LogP contribution in [0.5, 0.6) is 11.5 Å². The average molecular weight is 509 g/mol. The molecule has 0 fully saturated rings. The second-order valence-electron chi connectivity index (χ2n) is 8.09. The molecule has 10 heteroatoms. The van der Waals surface area contributed by atoms with E-state index in [9.17, 15) is 9.59 Å². The Kier molecular flexibility index (Phi) is 7.94. The summed E-state index contributed by atoms with van der Waals surface area (Å²) in [4.78, 5) is 36.6. The van der Waals surface area contributed by atoms with Crippen molar-refractivity contribution < 1.29 is 23.8 Å². The van der Waals surface area contributed by atoms with Crippen LogP contribution < -0.4 is 14.8 Å². The van der Waals surface area contributed by atoms with Crippen LogP contribution in [0.4, 0.5) is 0 Å². The molecule has 0 unspecified atom stereocenters. The lowest BCUT2D eigenvalue weighted by Gasteiger charge is -2.36. The summed E-state index contributed by atoms with van der Waals surface area (Å²) in [7, 11) is 4.48. The number of amidine groups is 1. The van der Waals surface area contributed by atoms with Crippen LogP contribution in [0.25, 0.3) is 0 Å². The van der Waals surface area contributed by atoms with E-state index in [4.69, 9.17) is 14.2 Å². The van der Waals surface area contributed by atoms with E-state index in [1.54, 1.807) is 33.4 Å². The molecule has 0 saturated heterocycles. The lowest BCUT2D eigenvalue weighted by Crippen LogP contribution is -2.38. The van der Waals surface area contributed by atoms with E-state index in [1.165, 1.54) is 18.9 Å². The van der Waals surface area contributed by atoms with Gasteiger partial charge in [0.25, 0.3) is 0 Å². The van der Waals surface area contributed by atoms with Crippen LogP contribution in [0.3, 0.4) is 0 Å². The van der Waals surface area contributed by atoms with E-state index in [2.05, 4.69) is 15.3 Å². The van der Waals surface area contributed by atoms with Gasteiger partial charge in [0.2, 0.25) is 5.91 Å². The molecule has 0 saturated carbocycles. The molecule has 1 atom stereocenters. The van der Waals surface area contributed by atoms with Gasteiger partial charge in [0, 0.05) is 42.2 Å². The highest BCUT2D eigenvalue weighted by atomic mass is 32.2. The molecule has 188 valence electrons. The van der Waals surface area contributed by atoms with Crippen LogP contribution in [-0.2, 0) is 20.7 Å². The van der Waals surface area contributed by atoms with Crippen molar-refractivity contribution in [3.63, 3.8) is 0 Å². The van der Waals surface area contributed by atoms with Gasteiger partial charge in [-0.1, -0.05) is 17.8 Å². The first kappa shape index (κ1) is 25.3. The van der Waals surface area contributed by atoms with Crippen molar-refractivity contribution in [1.29, 1.82) is 0 Å². The molecule has 2 aliphatic rings. The largest absolute Gasteiger partial charge is 0.497 e. The minimum Gasteiger partial charge on any atom is -0.497 e. The highest BCUT2D eigenvalue weighted by Gasteiger charge is 2.42. The van der Waals surface area contributed by atoms with Crippen molar-refractivity contribution in [1.82, 2.24) is 15.2 Å². The highest BCUT2D eigenvalue weighted by Crippen LogP contribution is 2.47. The minimum atomic E-state index is -0.589. The number of amides is 1. The quantitative estimate of drug-likeness (QED) is 0.513. The molecular formula is C26H28N4O5S. The number of carbonyl (C=O) groups is 2. The summed E-state index contributed by atoms with van der Waals surface area (Å²) in [6.07, 6.45) is 2.49. The smallest absolute Gasteiger partial charge is 0.338 e. The summed E-state index contributed by atoms with van der Waals surface area (Å²) in [5.74, 6) is 0.546. The average Bonchev–Trinajstić information content (AvgIpc) is 3.29. The standard InChI is InChI=1S/C26H28N4O5S/c1-16-23(25(32)35-4)24(20-9-8-19(33-2)14-21(20)34-3)30-18(15-36-26(30)29-16)13-22(31)28-12-10-17-7-5-6-11-27-17/h5-9,11,14-15,24H,10,12-13H2,1-4H3,(H,28,31)/t24-/m1/s1. The fourth-order valence-electron chi connectivity index (χ4n) is 4.18. The van der Waals surface area contributed by atoms with Gasteiger partial charge in [-0.15, -0.1) is 0 Å². The van der Waals surface area contributed by atoms with Crippen LogP contribution in [0.1, 0.15) is 30.6 Å². The van der Waals surface area contributed by atoms with Crippen LogP contribution >= 0.6 is 11.8 Å². The minimum absolute atomic E-state index is 0.122. The van der Waals surface area contributed by atoms with Gasteiger partial charge in [-0.2, -0.15) is 0 Å². The second kappa shape index (κ2) is 11.3. The number of carbonyl (C=O) groups excluding carboxylic acids is 2. The first-order valence-electron chi connectivity index (χ1n) is 11.4. The number of fused-ring (bicyclic) bond motifs is 1. The Bertz CT molecular complexity index is 1240. The van der Waals surface area contributed by atoms with Gasteiger partial charge in [-0.3, -0.25) is 9.78 Å². The molecule has 0 bridgehead atoms. The van der Waals surface area contributed by atoms with Crippen molar-refractivity contribution in [3.05, 3.63) is 76.2 Å². The fourth-order valence-corrected chi connectivity index (χ4v) is 5.15. The first-order valence-corrected chi connectivity index (χ1v) is 12.3. The second-order valence-corrected chi connectivity index (χ2v) is 8.93. The molecule has 1 aromatic carbocycles. The maximum Gasteiger partial charge on any atom is 0.338 e. The molecule has 4 rings (SSSR count). The summed E-state index contributed by atoms with van der Waals surface area (Å²) in [5, 5.41) is 5.54. The Morgan fingerprint density at radius 1 is 1.14 bits per heavy atom. The molecule has 3 heterocycles. The molecule has 9 nitrogen and oxygen atoms in total. The monoisotopic (exact) mass is 508 g/mol. The van der Waals surface area contributed by atoms with Gasteiger partial charge >= 0.3 is 5.97 Å². The summed E-state index contributed by atoms with van der Waals surface area (Å²) in [5.41, 5.74) is 3.31. The maximum absolute atomic E-state index is 12.9. The van der Waals surface area contributed by atoms with Crippen molar-refractivity contribution in [3.8, 4) is 11.5 Å². The number of nitrogens with one attached hydrogen (secondary N) is 1. The van der Waals surface area contributed by atoms with Gasteiger partial charge in [-0.05, 0) is 36.6 Å². The molecule has 1 aromatic heterocycles. The third kappa shape index (κ3) is 5.23. The molecule has 0 spiro atoms. The van der Waals surface area contributed by atoms with Gasteiger partial charge in [0.1, 0.15) is 11.5 Å². The van der Waals surface area contributed by atoms with Crippen molar-refractivity contribution >= 4 is 28.8 Å². The van der Waals surface area contributed by atoms with Gasteiger partial charge in [-0.25, -0.2) is 9.79 Å². The number of methoxy groups -OCH3 is 3. The Morgan fingerprint density at radius 3 is 2.67 bits per heavy atom. The number of nitrogens with zero attached hydrogens (tertiary/aromatic N) is 3. The SMILES string of the molecule is COC(=O)C1=C(C)N=C2SC=C(CC(=O)NCCc3ccccn3)N2[C@@H]1c1ccc(OC)cc1OC. The maximum atomic E-state index is 12.9. The number of hydrogen-bond donors (Lipinski definition) is 1. The molecule has 1 amide bonds. The third-order valence-electron chi connectivity index (χ3n) is 5.91. The molecule has 0 radical (unpaired) electrons. The van der Waals surface area contributed by atoms with Crippen LogP contribution in [0, 0.1) is 0 Å². The molecular weight excluding hydrogens is 480 g/mol. The highest BCUT2D eigenvalue weighted by molar-refractivity contribution is 8.16. The number of esters is 1. The van der Waals surface area contributed by atoms with E-state index >= 15 is 0 Å². The number of thioether (sulfide) groups is 1. The zero-order valence-electron chi connectivity index (χ0n) is 20.6. The van der Waals surface area contributed by atoms with Crippen LogP contribution in [-0.4, -0.2) is 54.8 Å². The van der Waals surface area contributed by atoms with E-state index in [0.717, 1.165) is 17.0 Å². The Labute approximate surface area is 214 Å². The number of ether oxygens (including phenoxy) is 3. The van der Waals surface area contributed by atoms with Gasteiger partial charge in [0.05, 0.1) is 45.1 Å². The van der Waals surface area contributed by atoms with E-state index < -0.39 is 12.0 Å². The number of pyridine rings is 1. The van der Waals surface area contributed by atoms with Crippen molar-refractivity contribution in [2.45, 2.75) is 25.8 Å². The number of aliphatic imine (C=N–C) groups is 1. The zero-order valence-corrected chi connectivity index (χ0v) is 21.4. The summed E-state index contributed by atoms with van der Waals surface area (Å²) < 4.78 is 16.1. The summed E-state index contributed by atoms with van der Waals surface area (Å²) >= 11 is 1.41. The van der Waals surface area contributed by atoms with Gasteiger partial charge < -0.3 is 24.4 Å². The normalized spacial score (nSPS) is 16.7. The topological polar surface area (TPSA) is 102 Å². The lowest BCUT2D eigenvalue weighted by molar-refractivity contribution is -0.136. The van der Waals surface area contributed by atoms with Gasteiger partial charge in [0.15, 0.2) is 5.17 Å². The summed E-state index contributed by atoms with van der Waals surface area (Å²) in [6, 6.07) is 10.5. The van der Waals surface area contributed by atoms with Crippen molar-refractivity contribution in [2.75, 3.05) is 27.9 Å². The summed E-state index contributed by atoms with van der Waals surface area (Å²) in [6.45, 7) is 2.25. The van der Waals surface area contributed by atoms with Crippen LogP contribution in [0.2, 0.25) is 0 Å². The lowest BCUT2D eigenvalue weighted by atomic mass is 9.93. The molecule has 2 aliphatic heterocycles.